The van der Waals surface area contributed by atoms with Gasteiger partial charge in [-0.05, 0) is 50.2 Å². The summed E-state index contributed by atoms with van der Waals surface area (Å²) in [5.41, 5.74) is 2.57. The van der Waals surface area contributed by atoms with Crippen molar-refractivity contribution >= 4 is 33.1 Å². The SMILES string of the molecule is Cc1ccc(S(=O)(=O)CCC(=O)O[C@H](C)C(=O)Nc2ccc(N3CCOCC3)cc2)cc1. The van der Waals surface area contributed by atoms with Gasteiger partial charge in [-0.15, -0.1) is 0 Å². The number of sulfone groups is 1. The average Bonchev–Trinajstić information content (AvgIpc) is 2.79. The quantitative estimate of drug-likeness (QED) is 0.604. The van der Waals surface area contributed by atoms with E-state index >= 15 is 0 Å². The summed E-state index contributed by atoms with van der Waals surface area (Å²) in [7, 11) is -3.60. The van der Waals surface area contributed by atoms with Gasteiger partial charge in [0.05, 0.1) is 30.3 Å². The molecule has 0 saturated carbocycles. The Hall–Kier alpha value is -2.91. The number of carbonyl (C=O) groups excluding carboxylic acids is 2. The van der Waals surface area contributed by atoms with Crippen LogP contribution in [0.25, 0.3) is 0 Å². The Morgan fingerprint density at radius 1 is 1.06 bits per heavy atom. The molecule has 1 aliphatic heterocycles. The normalized spacial score (nSPS) is 15.1. The lowest BCUT2D eigenvalue weighted by Gasteiger charge is -2.28. The lowest BCUT2D eigenvalue weighted by Crippen LogP contribution is -2.36. The minimum Gasteiger partial charge on any atom is -0.453 e. The van der Waals surface area contributed by atoms with Crippen molar-refractivity contribution in [3.05, 3.63) is 54.1 Å². The molecule has 0 bridgehead atoms. The van der Waals surface area contributed by atoms with Crippen LogP contribution in [0, 0.1) is 6.92 Å². The highest BCUT2D eigenvalue weighted by atomic mass is 32.2. The largest absolute Gasteiger partial charge is 0.453 e. The Morgan fingerprint density at radius 3 is 2.31 bits per heavy atom. The van der Waals surface area contributed by atoms with Crippen LogP contribution >= 0.6 is 0 Å². The van der Waals surface area contributed by atoms with Crippen molar-refractivity contribution in [2.75, 3.05) is 42.3 Å². The van der Waals surface area contributed by atoms with Gasteiger partial charge in [0.2, 0.25) is 0 Å². The first kappa shape index (κ1) is 23.7. The first-order chi connectivity index (χ1) is 15.2. The molecule has 1 aliphatic rings. The fraction of sp³-hybridized carbons (Fsp3) is 0.391. The van der Waals surface area contributed by atoms with Gasteiger partial charge in [-0.3, -0.25) is 9.59 Å². The van der Waals surface area contributed by atoms with Gasteiger partial charge in [0.15, 0.2) is 15.9 Å². The molecule has 9 heteroatoms. The third-order valence-electron chi connectivity index (χ3n) is 5.14. The molecule has 1 saturated heterocycles. The molecule has 2 aromatic carbocycles. The molecule has 0 aliphatic carbocycles. The first-order valence-electron chi connectivity index (χ1n) is 10.5. The van der Waals surface area contributed by atoms with Crippen LogP contribution in [0.15, 0.2) is 53.4 Å². The zero-order valence-electron chi connectivity index (χ0n) is 18.2. The van der Waals surface area contributed by atoms with Crippen molar-refractivity contribution in [3.8, 4) is 0 Å². The summed E-state index contributed by atoms with van der Waals surface area (Å²) >= 11 is 0. The smallest absolute Gasteiger partial charge is 0.307 e. The Balaban J connectivity index is 1.47. The lowest BCUT2D eigenvalue weighted by atomic mass is 10.2. The van der Waals surface area contributed by atoms with Gasteiger partial charge < -0.3 is 19.7 Å². The summed E-state index contributed by atoms with van der Waals surface area (Å²) in [6.07, 6.45) is -1.38. The van der Waals surface area contributed by atoms with E-state index in [4.69, 9.17) is 9.47 Å². The summed E-state index contributed by atoms with van der Waals surface area (Å²) in [6, 6.07) is 13.8. The Labute approximate surface area is 188 Å². The number of anilines is 2. The zero-order chi connectivity index (χ0) is 23.1. The van der Waals surface area contributed by atoms with Crippen molar-refractivity contribution in [1.82, 2.24) is 0 Å². The number of benzene rings is 2. The zero-order valence-corrected chi connectivity index (χ0v) is 19.1. The maximum Gasteiger partial charge on any atom is 0.307 e. The number of amides is 1. The molecule has 1 N–H and O–H groups in total. The van der Waals surface area contributed by atoms with Gasteiger partial charge in [-0.25, -0.2) is 8.42 Å². The highest BCUT2D eigenvalue weighted by Crippen LogP contribution is 2.19. The van der Waals surface area contributed by atoms with Gasteiger partial charge in [-0.2, -0.15) is 0 Å². The summed E-state index contributed by atoms with van der Waals surface area (Å²) in [4.78, 5) is 26.8. The van der Waals surface area contributed by atoms with E-state index in [0.717, 1.165) is 24.3 Å². The molecule has 0 spiro atoms. The predicted octanol–water partition coefficient (Wildman–Crippen LogP) is 2.57. The van der Waals surface area contributed by atoms with E-state index in [1.165, 1.54) is 19.1 Å². The number of morpholine rings is 1. The minimum absolute atomic E-state index is 0.155. The molecule has 172 valence electrons. The van der Waals surface area contributed by atoms with Crippen molar-refractivity contribution in [2.24, 2.45) is 0 Å². The molecule has 0 unspecified atom stereocenters. The van der Waals surface area contributed by atoms with Crippen LogP contribution in [-0.2, 0) is 28.9 Å². The van der Waals surface area contributed by atoms with Crippen LogP contribution in [0.3, 0.4) is 0 Å². The average molecular weight is 461 g/mol. The number of hydrogen-bond donors (Lipinski definition) is 1. The number of aryl methyl sites for hydroxylation is 1. The molecular weight excluding hydrogens is 432 g/mol. The maximum atomic E-state index is 12.4. The van der Waals surface area contributed by atoms with E-state index in [1.54, 1.807) is 24.3 Å². The highest BCUT2D eigenvalue weighted by Gasteiger charge is 2.21. The summed E-state index contributed by atoms with van der Waals surface area (Å²) in [6.45, 7) is 6.32. The molecule has 1 amide bonds. The molecule has 0 radical (unpaired) electrons. The second kappa shape index (κ2) is 10.6. The predicted molar refractivity (Wildman–Crippen MR) is 122 cm³/mol. The van der Waals surface area contributed by atoms with E-state index < -0.39 is 27.8 Å². The molecule has 8 nitrogen and oxygen atoms in total. The van der Waals surface area contributed by atoms with Gasteiger partial charge in [0.25, 0.3) is 5.91 Å². The van der Waals surface area contributed by atoms with E-state index in [-0.39, 0.29) is 17.1 Å². The number of carbonyl (C=O) groups is 2. The van der Waals surface area contributed by atoms with Crippen LogP contribution in [0.1, 0.15) is 18.9 Å². The third-order valence-corrected chi connectivity index (χ3v) is 6.88. The maximum absolute atomic E-state index is 12.4. The van der Waals surface area contributed by atoms with Crippen LogP contribution in [0.2, 0.25) is 0 Å². The Bertz CT molecular complexity index is 1030. The number of hydrogen-bond acceptors (Lipinski definition) is 7. The summed E-state index contributed by atoms with van der Waals surface area (Å²) < 4.78 is 35.2. The number of ether oxygens (including phenoxy) is 2. The van der Waals surface area contributed by atoms with Crippen molar-refractivity contribution in [3.63, 3.8) is 0 Å². The minimum atomic E-state index is -3.60. The lowest BCUT2D eigenvalue weighted by molar-refractivity contribution is -0.152. The second-order valence-corrected chi connectivity index (χ2v) is 9.76. The van der Waals surface area contributed by atoms with Crippen LogP contribution in [0.5, 0.6) is 0 Å². The van der Waals surface area contributed by atoms with E-state index in [0.29, 0.717) is 18.9 Å². The molecule has 2 aromatic rings. The van der Waals surface area contributed by atoms with E-state index in [1.807, 2.05) is 19.1 Å². The molecule has 0 aromatic heterocycles. The summed E-state index contributed by atoms with van der Waals surface area (Å²) in [5, 5.41) is 2.70. The highest BCUT2D eigenvalue weighted by molar-refractivity contribution is 7.91. The molecule has 1 atom stereocenters. The Morgan fingerprint density at radius 2 is 1.69 bits per heavy atom. The van der Waals surface area contributed by atoms with Crippen molar-refractivity contribution in [2.45, 2.75) is 31.3 Å². The molecule has 3 rings (SSSR count). The third kappa shape index (κ3) is 6.54. The number of nitrogens with one attached hydrogen (secondary N) is 1. The number of rotatable bonds is 8. The van der Waals surface area contributed by atoms with Crippen molar-refractivity contribution in [1.29, 1.82) is 0 Å². The first-order valence-corrected chi connectivity index (χ1v) is 12.1. The van der Waals surface area contributed by atoms with Crippen LogP contribution < -0.4 is 10.2 Å². The monoisotopic (exact) mass is 460 g/mol. The molecular formula is C23H28N2O6S. The fourth-order valence-electron chi connectivity index (χ4n) is 3.21. The van der Waals surface area contributed by atoms with Gasteiger partial charge >= 0.3 is 5.97 Å². The summed E-state index contributed by atoms with van der Waals surface area (Å²) in [5.74, 6) is -1.61. The molecule has 1 fully saturated rings. The van der Waals surface area contributed by atoms with Crippen molar-refractivity contribution < 1.29 is 27.5 Å². The van der Waals surface area contributed by atoms with E-state index in [2.05, 4.69) is 10.2 Å². The van der Waals surface area contributed by atoms with Gasteiger partial charge in [0, 0.05) is 24.5 Å². The molecule has 1 heterocycles. The molecule has 32 heavy (non-hydrogen) atoms. The second-order valence-electron chi connectivity index (χ2n) is 7.65. The topological polar surface area (TPSA) is 102 Å². The van der Waals surface area contributed by atoms with Crippen LogP contribution in [-0.4, -0.2) is 58.5 Å². The number of nitrogens with zero attached hydrogens (tertiary/aromatic N) is 1. The standard InChI is InChI=1S/C23H28N2O6S/c1-17-3-9-21(10-4-17)32(28,29)16-11-22(26)31-18(2)23(27)24-19-5-7-20(8-6-19)25-12-14-30-15-13-25/h3-10,18H,11-16H2,1-2H3,(H,24,27)/t18-/m1/s1. The van der Waals surface area contributed by atoms with E-state index in [9.17, 15) is 18.0 Å². The van der Waals surface area contributed by atoms with Crippen LogP contribution in [0.4, 0.5) is 11.4 Å². The van der Waals surface area contributed by atoms with Gasteiger partial charge in [0.1, 0.15) is 0 Å². The Kier molecular flexibility index (Phi) is 7.87. The fourth-order valence-corrected chi connectivity index (χ4v) is 4.43. The number of esters is 1. The van der Waals surface area contributed by atoms with Gasteiger partial charge in [-0.1, -0.05) is 17.7 Å².